The fourth-order valence-corrected chi connectivity index (χ4v) is 1.84. The fraction of sp³-hybridized carbons (Fsp3) is 0. The lowest BCUT2D eigenvalue weighted by molar-refractivity contribution is 0.457. The van der Waals surface area contributed by atoms with Crippen molar-refractivity contribution in [1.29, 1.82) is 0 Å². The highest BCUT2D eigenvalue weighted by Crippen LogP contribution is 2.32. The minimum atomic E-state index is -0.333. The number of H-pyrrole nitrogens is 1. The summed E-state index contributed by atoms with van der Waals surface area (Å²) in [6.07, 6.45) is 1.24. The Morgan fingerprint density at radius 1 is 1.35 bits per heavy atom. The number of hydrogen-bond donors (Lipinski definition) is 1. The van der Waals surface area contributed by atoms with Crippen LogP contribution in [0, 0.1) is 0 Å². The fourth-order valence-electron chi connectivity index (χ4n) is 1.10. The van der Waals surface area contributed by atoms with Crippen LogP contribution < -0.4 is 10.3 Å². The lowest BCUT2D eigenvalue weighted by atomic mass is 10.3. The van der Waals surface area contributed by atoms with E-state index in [1.165, 1.54) is 6.33 Å². The highest BCUT2D eigenvalue weighted by Gasteiger charge is 2.10. The van der Waals surface area contributed by atoms with Gasteiger partial charge in [-0.2, -0.15) is 0 Å². The number of aromatic amines is 1. The van der Waals surface area contributed by atoms with Gasteiger partial charge in [0, 0.05) is 5.02 Å². The number of nitrogens with zero attached hydrogens (tertiary/aromatic N) is 1. The molecule has 7 heteroatoms. The molecule has 0 unspecified atom stereocenters. The summed E-state index contributed by atoms with van der Waals surface area (Å²) < 4.78 is 5.61. The number of benzene rings is 1. The van der Waals surface area contributed by atoms with Crippen LogP contribution in [-0.4, -0.2) is 9.97 Å². The quantitative estimate of drug-likeness (QED) is 0.911. The molecule has 88 valence electrons. The molecule has 0 fully saturated rings. The Morgan fingerprint density at radius 3 is 2.82 bits per heavy atom. The van der Waals surface area contributed by atoms with E-state index in [9.17, 15) is 4.79 Å². The van der Waals surface area contributed by atoms with E-state index in [0.29, 0.717) is 15.8 Å². The second-order valence-corrected chi connectivity index (χ2v) is 4.66. The van der Waals surface area contributed by atoms with Crippen molar-refractivity contribution in [3.8, 4) is 11.6 Å². The van der Waals surface area contributed by atoms with Crippen LogP contribution in [0.2, 0.25) is 10.0 Å². The van der Waals surface area contributed by atoms with E-state index in [-0.39, 0.29) is 15.9 Å². The van der Waals surface area contributed by atoms with E-state index < -0.39 is 0 Å². The van der Waals surface area contributed by atoms with Crippen molar-refractivity contribution in [1.82, 2.24) is 9.97 Å². The number of nitrogens with one attached hydrogen (secondary N) is 1. The lowest BCUT2D eigenvalue weighted by Gasteiger charge is -2.07. The minimum Gasteiger partial charge on any atom is -0.436 e. The van der Waals surface area contributed by atoms with E-state index in [0.717, 1.165) is 0 Å². The molecule has 1 N–H and O–H groups in total. The Bertz CT molecular complexity index is 615. The molecule has 0 radical (unpaired) electrons. The van der Waals surface area contributed by atoms with Gasteiger partial charge in [0.05, 0.1) is 11.3 Å². The summed E-state index contributed by atoms with van der Waals surface area (Å²) in [5, 5.41) is 0.840. The van der Waals surface area contributed by atoms with E-state index in [2.05, 4.69) is 25.9 Å². The molecule has 2 aromatic rings. The summed E-state index contributed by atoms with van der Waals surface area (Å²) in [5.41, 5.74) is -0.333. The van der Waals surface area contributed by atoms with Gasteiger partial charge in [-0.05, 0) is 34.1 Å². The second kappa shape index (κ2) is 5.08. The van der Waals surface area contributed by atoms with Gasteiger partial charge in [0.25, 0.3) is 5.56 Å². The molecule has 1 heterocycles. The highest BCUT2D eigenvalue weighted by atomic mass is 79.9. The number of halogens is 3. The molecule has 1 aromatic carbocycles. The predicted octanol–water partition coefficient (Wildman–Crippen LogP) is 3.63. The van der Waals surface area contributed by atoms with Gasteiger partial charge in [0.2, 0.25) is 5.88 Å². The lowest BCUT2D eigenvalue weighted by Crippen LogP contribution is -2.08. The van der Waals surface area contributed by atoms with Gasteiger partial charge in [-0.1, -0.05) is 23.2 Å². The molecule has 0 saturated heterocycles. The summed E-state index contributed by atoms with van der Waals surface area (Å²) in [6, 6.07) is 4.77. The van der Waals surface area contributed by atoms with E-state index in [1.807, 2.05) is 0 Å². The van der Waals surface area contributed by atoms with E-state index in [4.69, 9.17) is 27.9 Å². The van der Waals surface area contributed by atoms with Crippen LogP contribution in [-0.2, 0) is 0 Å². The summed E-state index contributed by atoms with van der Waals surface area (Å²) in [5.74, 6) is 0.507. The maximum Gasteiger partial charge on any atom is 0.268 e. The van der Waals surface area contributed by atoms with Crippen LogP contribution in [0.4, 0.5) is 0 Å². The van der Waals surface area contributed by atoms with Crippen molar-refractivity contribution in [2.45, 2.75) is 0 Å². The van der Waals surface area contributed by atoms with Gasteiger partial charge < -0.3 is 9.72 Å². The Labute approximate surface area is 115 Å². The summed E-state index contributed by atoms with van der Waals surface area (Å²) in [6.45, 7) is 0. The van der Waals surface area contributed by atoms with Gasteiger partial charge in [0.1, 0.15) is 10.2 Å². The van der Waals surface area contributed by atoms with Crippen molar-refractivity contribution < 1.29 is 4.74 Å². The van der Waals surface area contributed by atoms with Crippen molar-refractivity contribution in [2.75, 3.05) is 0 Å². The van der Waals surface area contributed by atoms with Crippen LogP contribution in [0.25, 0.3) is 0 Å². The molecule has 0 aliphatic rings. The van der Waals surface area contributed by atoms with Gasteiger partial charge in [-0.3, -0.25) is 4.79 Å². The van der Waals surface area contributed by atoms with Gasteiger partial charge >= 0.3 is 0 Å². The third-order valence-corrected chi connectivity index (χ3v) is 3.09. The summed E-state index contributed by atoms with van der Waals surface area (Å²) in [7, 11) is 0. The average Bonchev–Trinajstić information content (AvgIpc) is 2.28. The van der Waals surface area contributed by atoms with Crippen molar-refractivity contribution >= 4 is 39.1 Å². The van der Waals surface area contributed by atoms with Crippen LogP contribution >= 0.6 is 39.1 Å². The number of aromatic nitrogens is 2. The Kier molecular flexibility index (Phi) is 3.71. The molecule has 4 nitrogen and oxygen atoms in total. The van der Waals surface area contributed by atoms with Gasteiger partial charge in [0.15, 0.2) is 0 Å². The van der Waals surface area contributed by atoms with Crippen LogP contribution in [0.1, 0.15) is 0 Å². The molecular weight excluding hydrogens is 331 g/mol. The maximum atomic E-state index is 11.3. The number of rotatable bonds is 2. The molecule has 0 atom stereocenters. The highest BCUT2D eigenvalue weighted by molar-refractivity contribution is 9.10. The first-order chi connectivity index (χ1) is 8.08. The predicted molar refractivity (Wildman–Crippen MR) is 69.1 cm³/mol. The first-order valence-corrected chi connectivity index (χ1v) is 5.99. The largest absolute Gasteiger partial charge is 0.436 e. The molecule has 0 amide bonds. The van der Waals surface area contributed by atoms with E-state index in [1.54, 1.807) is 18.2 Å². The Hall–Kier alpha value is -1.04. The van der Waals surface area contributed by atoms with Crippen molar-refractivity contribution in [3.63, 3.8) is 0 Å². The number of ether oxygens (including phenoxy) is 1. The molecule has 0 saturated carbocycles. The molecular formula is C10H5BrCl2N2O2. The maximum absolute atomic E-state index is 11.3. The molecule has 0 bridgehead atoms. The topological polar surface area (TPSA) is 55.0 Å². The zero-order valence-electron chi connectivity index (χ0n) is 8.21. The Morgan fingerprint density at radius 2 is 2.12 bits per heavy atom. The normalized spacial score (nSPS) is 10.3. The molecule has 1 aromatic heterocycles. The number of hydrogen-bond acceptors (Lipinski definition) is 3. The SMILES string of the molecule is O=c1[nH]cnc(Oc2ccc(Cl)cc2Cl)c1Br. The van der Waals surface area contributed by atoms with Crippen LogP contribution in [0.15, 0.2) is 33.8 Å². The third-order valence-electron chi connectivity index (χ3n) is 1.87. The van der Waals surface area contributed by atoms with Crippen molar-refractivity contribution in [2.24, 2.45) is 0 Å². The average molecular weight is 336 g/mol. The van der Waals surface area contributed by atoms with Gasteiger partial charge in [-0.15, -0.1) is 0 Å². The first kappa shape index (κ1) is 12.4. The third kappa shape index (κ3) is 2.80. The minimum absolute atomic E-state index is 0.137. The molecule has 17 heavy (non-hydrogen) atoms. The standard InChI is InChI=1S/C10H5BrCl2N2O2/c11-8-9(16)14-4-15-10(8)17-7-2-1-5(12)3-6(7)13/h1-4H,(H,14,15,16). The van der Waals surface area contributed by atoms with E-state index >= 15 is 0 Å². The Balaban J connectivity index is 2.38. The summed E-state index contributed by atoms with van der Waals surface area (Å²) >= 11 is 14.8. The zero-order valence-corrected chi connectivity index (χ0v) is 11.3. The molecule has 0 aliphatic carbocycles. The van der Waals surface area contributed by atoms with Crippen molar-refractivity contribution in [3.05, 3.63) is 49.4 Å². The van der Waals surface area contributed by atoms with Gasteiger partial charge in [-0.25, -0.2) is 4.98 Å². The first-order valence-electron chi connectivity index (χ1n) is 4.44. The monoisotopic (exact) mass is 334 g/mol. The second-order valence-electron chi connectivity index (χ2n) is 3.03. The molecule has 0 spiro atoms. The molecule has 0 aliphatic heterocycles. The zero-order chi connectivity index (χ0) is 12.4. The smallest absolute Gasteiger partial charge is 0.268 e. The molecule has 2 rings (SSSR count). The van der Waals surface area contributed by atoms with Crippen LogP contribution in [0.3, 0.4) is 0 Å². The van der Waals surface area contributed by atoms with Crippen LogP contribution in [0.5, 0.6) is 11.6 Å². The summed E-state index contributed by atoms with van der Waals surface area (Å²) in [4.78, 5) is 17.6.